The van der Waals surface area contributed by atoms with Crippen molar-refractivity contribution in [2.45, 2.75) is 32.9 Å². The van der Waals surface area contributed by atoms with Crippen molar-refractivity contribution in [2.75, 3.05) is 0 Å². The van der Waals surface area contributed by atoms with Gasteiger partial charge in [-0.05, 0) is 24.5 Å². The largest absolute Gasteiger partial charge is 0.480 e. The lowest BCUT2D eigenvalue weighted by Crippen LogP contribution is -2.46. The third-order valence-corrected chi connectivity index (χ3v) is 2.37. The second-order valence-electron chi connectivity index (χ2n) is 4.56. The molecule has 0 aromatic carbocycles. The summed E-state index contributed by atoms with van der Waals surface area (Å²) in [7, 11) is 0. The van der Waals surface area contributed by atoms with Crippen molar-refractivity contribution >= 4 is 12.0 Å². The highest BCUT2D eigenvalue weighted by Crippen LogP contribution is 2.04. The van der Waals surface area contributed by atoms with E-state index in [1.807, 2.05) is 13.8 Å². The smallest absolute Gasteiger partial charge is 0.326 e. The molecule has 104 valence electrons. The van der Waals surface area contributed by atoms with Gasteiger partial charge in [-0.2, -0.15) is 10.2 Å². The fourth-order valence-electron chi connectivity index (χ4n) is 1.50. The zero-order chi connectivity index (χ0) is 14.3. The first kappa shape index (κ1) is 14.9. The van der Waals surface area contributed by atoms with Gasteiger partial charge < -0.3 is 15.7 Å². The van der Waals surface area contributed by atoms with Crippen LogP contribution in [0.25, 0.3) is 0 Å². The summed E-state index contributed by atoms with van der Waals surface area (Å²) in [5.41, 5.74) is 0.605. The number of amides is 2. The van der Waals surface area contributed by atoms with Crippen LogP contribution in [-0.2, 0) is 11.3 Å². The van der Waals surface area contributed by atoms with Gasteiger partial charge in [-0.25, -0.2) is 9.59 Å². The SMILES string of the molecule is CC(C)C[C@@H](NC(=O)NCc1cccnn1)C(=O)O. The average molecular weight is 266 g/mol. The molecule has 0 unspecified atom stereocenters. The molecule has 1 aromatic heterocycles. The lowest BCUT2D eigenvalue weighted by atomic mass is 10.0. The molecule has 1 atom stereocenters. The van der Waals surface area contributed by atoms with Gasteiger partial charge in [-0.15, -0.1) is 0 Å². The van der Waals surface area contributed by atoms with Crippen LogP contribution in [0.5, 0.6) is 0 Å². The highest BCUT2D eigenvalue weighted by atomic mass is 16.4. The molecular weight excluding hydrogens is 248 g/mol. The van der Waals surface area contributed by atoms with E-state index in [0.29, 0.717) is 12.1 Å². The summed E-state index contributed by atoms with van der Waals surface area (Å²) in [5.74, 6) is -0.857. The number of nitrogens with zero attached hydrogens (tertiary/aromatic N) is 2. The Balaban J connectivity index is 2.42. The van der Waals surface area contributed by atoms with E-state index in [0.717, 1.165) is 0 Å². The van der Waals surface area contributed by atoms with Crippen LogP contribution in [-0.4, -0.2) is 33.3 Å². The highest BCUT2D eigenvalue weighted by Gasteiger charge is 2.20. The van der Waals surface area contributed by atoms with Crippen LogP contribution in [0.4, 0.5) is 4.79 Å². The molecule has 0 aliphatic carbocycles. The molecule has 0 saturated carbocycles. The van der Waals surface area contributed by atoms with E-state index in [1.54, 1.807) is 12.1 Å². The number of carboxylic acids is 1. The van der Waals surface area contributed by atoms with Crippen LogP contribution >= 0.6 is 0 Å². The van der Waals surface area contributed by atoms with Gasteiger partial charge in [0.25, 0.3) is 0 Å². The molecule has 1 aromatic rings. The number of carbonyl (C=O) groups excluding carboxylic acids is 1. The molecule has 19 heavy (non-hydrogen) atoms. The Labute approximate surface area is 111 Å². The lowest BCUT2D eigenvalue weighted by molar-refractivity contribution is -0.139. The van der Waals surface area contributed by atoms with Gasteiger partial charge in [-0.3, -0.25) is 0 Å². The molecule has 7 heteroatoms. The van der Waals surface area contributed by atoms with Gasteiger partial charge in [0.1, 0.15) is 6.04 Å². The van der Waals surface area contributed by atoms with Crippen LogP contribution in [0, 0.1) is 5.92 Å². The normalized spacial score (nSPS) is 11.9. The molecule has 0 aliphatic rings. The molecule has 0 spiro atoms. The molecule has 0 aliphatic heterocycles. The van der Waals surface area contributed by atoms with E-state index < -0.39 is 18.0 Å². The third kappa shape index (κ3) is 5.80. The number of aliphatic carboxylic acids is 1. The first-order chi connectivity index (χ1) is 8.99. The van der Waals surface area contributed by atoms with Crippen LogP contribution < -0.4 is 10.6 Å². The fourth-order valence-corrected chi connectivity index (χ4v) is 1.50. The molecule has 2 amide bonds. The van der Waals surface area contributed by atoms with Crippen molar-refractivity contribution in [1.29, 1.82) is 0 Å². The maximum Gasteiger partial charge on any atom is 0.326 e. The van der Waals surface area contributed by atoms with Crippen LogP contribution in [0.1, 0.15) is 26.0 Å². The summed E-state index contributed by atoms with van der Waals surface area (Å²) >= 11 is 0. The molecule has 0 fully saturated rings. The summed E-state index contributed by atoms with van der Waals surface area (Å²) in [6, 6.07) is 2.01. The van der Waals surface area contributed by atoms with Gasteiger partial charge in [0.05, 0.1) is 12.2 Å². The van der Waals surface area contributed by atoms with Crippen molar-refractivity contribution in [2.24, 2.45) is 5.92 Å². The summed E-state index contributed by atoms with van der Waals surface area (Å²) in [6.45, 7) is 4.00. The van der Waals surface area contributed by atoms with Crippen molar-refractivity contribution in [1.82, 2.24) is 20.8 Å². The number of nitrogens with one attached hydrogen (secondary N) is 2. The summed E-state index contributed by atoms with van der Waals surface area (Å²) in [6.07, 6.45) is 1.92. The van der Waals surface area contributed by atoms with Crippen LogP contribution in [0.2, 0.25) is 0 Å². The molecule has 1 rings (SSSR count). The van der Waals surface area contributed by atoms with Crippen molar-refractivity contribution < 1.29 is 14.7 Å². The second-order valence-corrected chi connectivity index (χ2v) is 4.56. The number of carboxylic acid groups (broad SMARTS) is 1. The lowest BCUT2D eigenvalue weighted by Gasteiger charge is -2.16. The van der Waals surface area contributed by atoms with E-state index in [4.69, 9.17) is 5.11 Å². The quantitative estimate of drug-likeness (QED) is 0.705. The number of aromatic nitrogens is 2. The minimum absolute atomic E-state index is 0.182. The predicted octanol–water partition coefficient (Wildman–Crippen LogP) is 0.775. The molecule has 0 bridgehead atoms. The van der Waals surface area contributed by atoms with Gasteiger partial charge in [0.15, 0.2) is 0 Å². The van der Waals surface area contributed by atoms with Crippen molar-refractivity contribution in [3.05, 3.63) is 24.0 Å². The number of hydrogen-bond donors (Lipinski definition) is 3. The maximum absolute atomic E-state index is 11.6. The minimum Gasteiger partial charge on any atom is -0.480 e. The zero-order valence-electron chi connectivity index (χ0n) is 11.0. The Hall–Kier alpha value is -2.18. The molecule has 7 nitrogen and oxygen atoms in total. The minimum atomic E-state index is -1.04. The number of rotatable bonds is 6. The number of carbonyl (C=O) groups is 2. The third-order valence-electron chi connectivity index (χ3n) is 2.37. The van der Waals surface area contributed by atoms with Gasteiger partial charge in [0.2, 0.25) is 0 Å². The van der Waals surface area contributed by atoms with Crippen LogP contribution in [0.3, 0.4) is 0 Å². The molecule has 1 heterocycles. The number of urea groups is 1. The highest BCUT2D eigenvalue weighted by molar-refractivity contribution is 5.82. The van der Waals surface area contributed by atoms with Crippen molar-refractivity contribution in [3.63, 3.8) is 0 Å². The molecular formula is C12H18N4O3. The zero-order valence-corrected chi connectivity index (χ0v) is 11.0. The molecule has 3 N–H and O–H groups in total. The summed E-state index contributed by atoms with van der Waals surface area (Å²) in [5, 5.41) is 21.4. The fraction of sp³-hybridized carbons (Fsp3) is 0.500. The molecule has 0 radical (unpaired) electrons. The Morgan fingerprint density at radius 1 is 1.42 bits per heavy atom. The monoisotopic (exact) mass is 266 g/mol. The predicted molar refractivity (Wildman–Crippen MR) is 68.3 cm³/mol. The Morgan fingerprint density at radius 2 is 2.16 bits per heavy atom. The first-order valence-electron chi connectivity index (χ1n) is 6.02. The standard InChI is InChI=1S/C12H18N4O3/c1-8(2)6-10(11(17)18)15-12(19)13-7-9-4-3-5-14-16-9/h3-5,8,10H,6-7H2,1-2H3,(H,17,18)(H2,13,15,19)/t10-/m1/s1. The van der Waals surface area contributed by atoms with E-state index in [1.165, 1.54) is 6.20 Å². The van der Waals surface area contributed by atoms with E-state index in [2.05, 4.69) is 20.8 Å². The topological polar surface area (TPSA) is 104 Å². The Kier molecular flexibility index (Phi) is 5.72. The second kappa shape index (κ2) is 7.30. The van der Waals surface area contributed by atoms with Gasteiger partial charge >= 0.3 is 12.0 Å². The Bertz CT molecular complexity index is 422. The van der Waals surface area contributed by atoms with Gasteiger partial charge in [-0.1, -0.05) is 13.8 Å². The van der Waals surface area contributed by atoms with Crippen LogP contribution in [0.15, 0.2) is 18.3 Å². The first-order valence-corrected chi connectivity index (χ1v) is 6.02. The Morgan fingerprint density at radius 3 is 2.68 bits per heavy atom. The van der Waals surface area contributed by atoms with E-state index >= 15 is 0 Å². The molecule has 0 saturated heterocycles. The van der Waals surface area contributed by atoms with E-state index in [-0.39, 0.29) is 12.5 Å². The summed E-state index contributed by atoms with van der Waals surface area (Å²) < 4.78 is 0. The van der Waals surface area contributed by atoms with E-state index in [9.17, 15) is 9.59 Å². The van der Waals surface area contributed by atoms with Gasteiger partial charge in [0, 0.05) is 6.20 Å². The average Bonchev–Trinajstić information content (AvgIpc) is 2.36. The summed E-state index contributed by atoms with van der Waals surface area (Å²) in [4.78, 5) is 22.6. The maximum atomic E-state index is 11.6. The van der Waals surface area contributed by atoms with Crippen molar-refractivity contribution in [3.8, 4) is 0 Å². The number of hydrogen-bond acceptors (Lipinski definition) is 4.